The lowest BCUT2D eigenvalue weighted by molar-refractivity contribution is 0.200. The van der Waals surface area contributed by atoms with Gasteiger partial charge in [0.2, 0.25) is 0 Å². The number of hydrogen-bond donors (Lipinski definition) is 2. The van der Waals surface area contributed by atoms with Gasteiger partial charge in [-0.2, -0.15) is 0 Å². The van der Waals surface area contributed by atoms with E-state index in [4.69, 9.17) is 0 Å². The van der Waals surface area contributed by atoms with Crippen molar-refractivity contribution >= 4 is 0 Å². The molecule has 0 aromatic rings. The van der Waals surface area contributed by atoms with E-state index >= 15 is 0 Å². The third kappa shape index (κ3) is 5.61. The van der Waals surface area contributed by atoms with Crippen molar-refractivity contribution < 1.29 is 5.11 Å². The molecule has 0 spiro atoms. The molecule has 0 fully saturated rings. The van der Waals surface area contributed by atoms with Gasteiger partial charge in [-0.1, -0.05) is 34.6 Å². The van der Waals surface area contributed by atoms with Gasteiger partial charge in [0.15, 0.2) is 0 Å². The highest BCUT2D eigenvalue weighted by Crippen LogP contribution is 2.10. The standard InChI is InChI=1S/C12H27NO/c1-6-12(10(4)5)13-11(8-14)7-9(2)3/h9-14H,6-8H2,1-5H3. The van der Waals surface area contributed by atoms with E-state index in [0.29, 0.717) is 17.9 Å². The number of nitrogens with one attached hydrogen (secondary N) is 1. The van der Waals surface area contributed by atoms with E-state index in [9.17, 15) is 5.11 Å². The lowest BCUT2D eigenvalue weighted by Crippen LogP contribution is -2.43. The van der Waals surface area contributed by atoms with Crippen molar-refractivity contribution in [2.75, 3.05) is 6.61 Å². The van der Waals surface area contributed by atoms with E-state index in [1.165, 1.54) is 0 Å². The largest absolute Gasteiger partial charge is 0.395 e. The van der Waals surface area contributed by atoms with Crippen LogP contribution in [0.3, 0.4) is 0 Å². The summed E-state index contributed by atoms with van der Waals surface area (Å²) in [6.45, 7) is 11.3. The maximum atomic E-state index is 9.24. The molecule has 0 aliphatic rings. The minimum Gasteiger partial charge on any atom is -0.395 e. The molecule has 0 aliphatic carbocycles. The Labute approximate surface area is 89.1 Å². The Morgan fingerprint density at radius 2 is 1.71 bits per heavy atom. The molecular weight excluding hydrogens is 174 g/mol. The topological polar surface area (TPSA) is 32.3 Å². The summed E-state index contributed by atoms with van der Waals surface area (Å²) in [5.74, 6) is 1.28. The third-order valence-electron chi connectivity index (χ3n) is 2.67. The minimum absolute atomic E-state index is 0.251. The summed E-state index contributed by atoms with van der Waals surface area (Å²) in [5.41, 5.74) is 0. The zero-order chi connectivity index (χ0) is 11.1. The number of rotatable bonds is 7. The number of hydrogen-bond acceptors (Lipinski definition) is 2. The second-order valence-electron chi connectivity index (χ2n) is 4.93. The van der Waals surface area contributed by atoms with Gasteiger partial charge in [0, 0.05) is 12.1 Å². The summed E-state index contributed by atoms with van der Waals surface area (Å²) in [7, 11) is 0. The fourth-order valence-electron chi connectivity index (χ4n) is 1.85. The molecule has 0 bridgehead atoms. The van der Waals surface area contributed by atoms with Crippen LogP contribution in [0, 0.1) is 11.8 Å². The molecule has 0 heterocycles. The van der Waals surface area contributed by atoms with Crippen molar-refractivity contribution in [2.24, 2.45) is 11.8 Å². The summed E-state index contributed by atoms with van der Waals surface area (Å²) in [5, 5.41) is 12.8. The molecule has 0 rings (SSSR count). The first-order chi connectivity index (χ1) is 6.51. The van der Waals surface area contributed by atoms with Gasteiger partial charge in [-0.15, -0.1) is 0 Å². The Morgan fingerprint density at radius 1 is 1.14 bits per heavy atom. The fourth-order valence-corrected chi connectivity index (χ4v) is 1.85. The van der Waals surface area contributed by atoms with Crippen LogP contribution in [-0.2, 0) is 0 Å². The molecule has 0 aliphatic heterocycles. The zero-order valence-electron chi connectivity index (χ0n) is 10.4. The number of aliphatic hydroxyl groups excluding tert-OH is 1. The Balaban J connectivity index is 4.00. The third-order valence-corrected chi connectivity index (χ3v) is 2.67. The van der Waals surface area contributed by atoms with Gasteiger partial charge in [0.05, 0.1) is 6.61 Å². The first-order valence-electron chi connectivity index (χ1n) is 5.88. The van der Waals surface area contributed by atoms with Gasteiger partial charge < -0.3 is 10.4 Å². The lowest BCUT2D eigenvalue weighted by atomic mass is 9.98. The maximum absolute atomic E-state index is 9.24. The molecule has 0 radical (unpaired) electrons. The van der Waals surface area contributed by atoms with E-state index in [0.717, 1.165) is 12.8 Å². The predicted octanol–water partition coefficient (Wildman–Crippen LogP) is 2.42. The Morgan fingerprint density at radius 3 is 2.00 bits per heavy atom. The molecule has 2 atom stereocenters. The molecule has 2 heteroatoms. The van der Waals surface area contributed by atoms with Gasteiger partial charge in [-0.25, -0.2) is 0 Å². The summed E-state index contributed by atoms with van der Waals surface area (Å²) >= 11 is 0. The quantitative estimate of drug-likeness (QED) is 0.663. The van der Waals surface area contributed by atoms with Crippen LogP contribution in [0.1, 0.15) is 47.5 Å². The van der Waals surface area contributed by atoms with E-state index in [2.05, 4.69) is 39.9 Å². The van der Waals surface area contributed by atoms with Crippen molar-refractivity contribution in [3.63, 3.8) is 0 Å². The predicted molar refractivity (Wildman–Crippen MR) is 62.4 cm³/mol. The molecule has 0 saturated heterocycles. The van der Waals surface area contributed by atoms with Crippen LogP contribution < -0.4 is 5.32 Å². The SMILES string of the molecule is CCC(NC(CO)CC(C)C)C(C)C. The smallest absolute Gasteiger partial charge is 0.0584 e. The van der Waals surface area contributed by atoms with Crippen LogP contribution >= 0.6 is 0 Å². The number of aliphatic hydroxyl groups is 1. The molecule has 2 N–H and O–H groups in total. The summed E-state index contributed by atoms with van der Waals surface area (Å²) in [4.78, 5) is 0. The second-order valence-corrected chi connectivity index (χ2v) is 4.93. The monoisotopic (exact) mass is 201 g/mol. The first kappa shape index (κ1) is 13.9. The Kier molecular flexibility index (Phi) is 7.20. The molecule has 0 saturated carbocycles. The molecule has 0 amide bonds. The average Bonchev–Trinajstić information content (AvgIpc) is 2.10. The van der Waals surface area contributed by atoms with Crippen molar-refractivity contribution in [2.45, 2.75) is 59.5 Å². The molecule has 0 aromatic heterocycles. The molecule has 14 heavy (non-hydrogen) atoms. The lowest BCUT2D eigenvalue weighted by Gasteiger charge is -2.27. The molecule has 2 nitrogen and oxygen atoms in total. The van der Waals surface area contributed by atoms with E-state index < -0.39 is 0 Å². The van der Waals surface area contributed by atoms with Crippen molar-refractivity contribution in [1.82, 2.24) is 5.32 Å². The highest BCUT2D eigenvalue weighted by molar-refractivity contribution is 4.76. The van der Waals surface area contributed by atoms with Crippen LogP contribution in [0.25, 0.3) is 0 Å². The van der Waals surface area contributed by atoms with Gasteiger partial charge >= 0.3 is 0 Å². The van der Waals surface area contributed by atoms with Crippen LogP contribution in [0.15, 0.2) is 0 Å². The average molecular weight is 201 g/mol. The summed E-state index contributed by atoms with van der Waals surface area (Å²) < 4.78 is 0. The van der Waals surface area contributed by atoms with Gasteiger partial charge in [-0.05, 0) is 24.7 Å². The zero-order valence-corrected chi connectivity index (χ0v) is 10.4. The van der Waals surface area contributed by atoms with Gasteiger partial charge in [-0.3, -0.25) is 0 Å². The van der Waals surface area contributed by atoms with Crippen LogP contribution in [-0.4, -0.2) is 23.8 Å². The first-order valence-corrected chi connectivity index (χ1v) is 5.88. The normalized spacial score (nSPS) is 16.3. The van der Waals surface area contributed by atoms with Gasteiger partial charge in [0.25, 0.3) is 0 Å². The fraction of sp³-hybridized carbons (Fsp3) is 1.00. The van der Waals surface area contributed by atoms with E-state index in [1.807, 2.05) is 0 Å². The van der Waals surface area contributed by atoms with Crippen molar-refractivity contribution in [3.8, 4) is 0 Å². The van der Waals surface area contributed by atoms with E-state index in [-0.39, 0.29) is 12.6 Å². The molecule has 2 unspecified atom stereocenters. The van der Waals surface area contributed by atoms with Crippen LogP contribution in [0.5, 0.6) is 0 Å². The van der Waals surface area contributed by atoms with Crippen LogP contribution in [0.2, 0.25) is 0 Å². The molecule has 0 aromatic carbocycles. The van der Waals surface area contributed by atoms with Crippen molar-refractivity contribution in [3.05, 3.63) is 0 Å². The summed E-state index contributed by atoms with van der Waals surface area (Å²) in [6.07, 6.45) is 2.19. The minimum atomic E-state index is 0.251. The Bertz CT molecular complexity index is 134. The highest BCUT2D eigenvalue weighted by Gasteiger charge is 2.16. The van der Waals surface area contributed by atoms with Crippen LogP contribution in [0.4, 0.5) is 0 Å². The molecular formula is C12H27NO. The Hall–Kier alpha value is -0.0800. The highest BCUT2D eigenvalue weighted by atomic mass is 16.3. The molecule has 86 valence electrons. The maximum Gasteiger partial charge on any atom is 0.0584 e. The summed E-state index contributed by atoms with van der Waals surface area (Å²) in [6, 6.07) is 0.799. The van der Waals surface area contributed by atoms with Crippen molar-refractivity contribution in [1.29, 1.82) is 0 Å². The second kappa shape index (κ2) is 7.24. The van der Waals surface area contributed by atoms with E-state index in [1.54, 1.807) is 0 Å². The van der Waals surface area contributed by atoms with Gasteiger partial charge in [0.1, 0.15) is 0 Å².